The van der Waals surface area contributed by atoms with Crippen LogP contribution in [0.15, 0.2) is 18.2 Å². The quantitative estimate of drug-likeness (QED) is 0.778. The van der Waals surface area contributed by atoms with Crippen molar-refractivity contribution in [1.82, 2.24) is 10.2 Å². The summed E-state index contributed by atoms with van der Waals surface area (Å²) in [4.78, 5) is 37.8. The van der Waals surface area contributed by atoms with Gasteiger partial charge in [-0.3, -0.25) is 14.5 Å². The highest BCUT2D eigenvalue weighted by Crippen LogP contribution is 2.27. The van der Waals surface area contributed by atoms with Gasteiger partial charge in [-0.2, -0.15) is 0 Å². The van der Waals surface area contributed by atoms with Crippen molar-refractivity contribution in [2.24, 2.45) is 5.92 Å². The average Bonchev–Trinajstić information content (AvgIpc) is 2.76. The molecule has 1 heterocycles. The van der Waals surface area contributed by atoms with Crippen LogP contribution in [0.5, 0.6) is 0 Å². The van der Waals surface area contributed by atoms with E-state index in [1.807, 2.05) is 39.0 Å². The maximum absolute atomic E-state index is 12.4. The predicted octanol–water partition coefficient (Wildman–Crippen LogP) is 3.02. The van der Waals surface area contributed by atoms with E-state index in [4.69, 9.17) is 0 Å². The molecule has 1 aliphatic rings. The summed E-state index contributed by atoms with van der Waals surface area (Å²) in [6.45, 7) is 9.73. The first kappa shape index (κ1) is 19.0. The van der Waals surface area contributed by atoms with Crippen molar-refractivity contribution in [2.75, 3.05) is 11.9 Å². The van der Waals surface area contributed by atoms with Gasteiger partial charge in [0.05, 0.1) is 0 Å². The summed E-state index contributed by atoms with van der Waals surface area (Å²) in [5.74, 6) is -0.168. The van der Waals surface area contributed by atoms with Crippen LogP contribution in [0.2, 0.25) is 0 Å². The highest BCUT2D eigenvalue weighted by molar-refractivity contribution is 6.08. The Morgan fingerprint density at radius 1 is 1.24 bits per heavy atom. The highest BCUT2D eigenvalue weighted by atomic mass is 16.2. The Balaban J connectivity index is 2.09. The Labute approximate surface area is 149 Å². The molecule has 4 amide bonds. The largest absolute Gasteiger partial charge is 0.326 e. The molecular formula is C19H27N3O3. The molecule has 2 rings (SSSR count). The van der Waals surface area contributed by atoms with E-state index in [1.54, 1.807) is 0 Å². The molecule has 0 spiro atoms. The predicted molar refractivity (Wildman–Crippen MR) is 97.4 cm³/mol. The second-order valence-electron chi connectivity index (χ2n) is 7.30. The lowest BCUT2D eigenvalue weighted by atomic mass is 9.98. The number of hydrogen-bond donors (Lipinski definition) is 2. The van der Waals surface area contributed by atoms with E-state index >= 15 is 0 Å². The summed E-state index contributed by atoms with van der Waals surface area (Å²) in [5.41, 5.74) is 2.74. The van der Waals surface area contributed by atoms with Crippen molar-refractivity contribution in [3.8, 4) is 0 Å². The second kappa shape index (κ2) is 7.68. The van der Waals surface area contributed by atoms with E-state index in [0.29, 0.717) is 6.42 Å². The first-order valence-electron chi connectivity index (χ1n) is 8.72. The van der Waals surface area contributed by atoms with E-state index in [-0.39, 0.29) is 30.2 Å². The third-order valence-electron chi connectivity index (χ3n) is 4.31. The number of anilines is 1. The lowest BCUT2D eigenvalue weighted by Crippen LogP contribution is -2.38. The standard InChI is InChI=1S/C19H27N3O3/c1-11(2)9-15-18(24)22(19(25)20-15)10-16(23)21-17-13(5)7-6-8-14(17)12(3)4/h6-8,11-12,15H,9-10H2,1-5H3,(H,20,25)(H,21,23)/t15-/m0/s1. The zero-order valence-corrected chi connectivity index (χ0v) is 15.6. The van der Waals surface area contributed by atoms with Crippen LogP contribution in [0.4, 0.5) is 10.5 Å². The Morgan fingerprint density at radius 3 is 2.52 bits per heavy atom. The molecule has 1 aromatic carbocycles. The number of carbonyl (C=O) groups excluding carboxylic acids is 3. The summed E-state index contributed by atoms with van der Waals surface area (Å²) in [6, 6.07) is 4.81. The summed E-state index contributed by atoms with van der Waals surface area (Å²) in [6.07, 6.45) is 0.567. The number of aryl methyl sites for hydroxylation is 1. The molecule has 1 saturated heterocycles. The van der Waals surface area contributed by atoms with Gasteiger partial charge in [-0.05, 0) is 36.3 Å². The number of rotatable bonds is 6. The van der Waals surface area contributed by atoms with Crippen LogP contribution in [-0.4, -0.2) is 35.3 Å². The smallest absolute Gasteiger partial charge is 0.325 e. The van der Waals surface area contributed by atoms with Crippen LogP contribution in [0.1, 0.15) is 51.2 Å². The van der Waals surface area contributed by atoms with Crippen molar-refractivity contribution in [1.29, 1.82) is 0 Å². The number of hydrogen-bond acceptors (Lipinski definition) is 3. The fraction of sp³-hybridized carbons (Fsp3) is 0.526. The molecule has 0 radical (unpaired) electrons. The molecule has 0 aromatic heterocycles. The lowest BCUT2D eigenvalue weighted by Gasteiger charge is -2.18. The first-order chi connectivity index (χ1) is 11.7. The molecule has 6 nitrogen and oxygen atoms in total. The number of imide groups is 1. The average molecular weight is 345 g/mol. The Bertz CT molecular complexity index is 682. The number of urea groups is 1. The molecule has 0 unspecified atom stereocenters. The van der Waals surface area contributed by atoms with Crippen molar-refractivity contribution in [3.63, 3.8) is 0 Å². The van der Waals surface area contributed by atoms with Crippen LogP contribution in [-0.2, 0) is 9.59 Å². The minimum Gasteiger partial charge on any atom is -0.326 e. The van der Waals surface area contributed by atoms with Crippen molar-refractivity contribution in [2.45, 2.75) is 53.0 Å². The third kappa shape index (κ3) is 4.38. The van der Waals surface area contributed by atoms with Crippen LogP contribution in [0.25, 0.3) is 0 Å². The minimum atomic E-state index is -0.537. The normalized spacial score (nSPS) is 17.4. The van der Waals surface area contributed by atoms with Crippen molar-refractivity contribution < 1.29 is 14.4 Å². The van der Waals surface area contributed by atoms with Gasteiger partial charge < -0.3 is 10.6 Å². The van der Waals surface area contributed by atoms with Crippen LogP contribution in [0, 0.1) is 12.8 Å². The van der Waals surface area contributed by atoms with Gasteiger partial charge in [0.2, 0.25) is 5.91 Å². The number of amides is 4. The van der Waals surface area contributed by atoms with Gasteiger partial charge in [-0.15, -0.1) is 0 Å². The summed E-state index contributed by atoms with van der Waals surface area (Å²) in [5, 5.41) is 5.52. The minimum absolute atomic E-state index is 0.252. The molecule has 136 valence electrons. The van der Waals surface area contributed by atoms with Gasteiger partial charge in [0.1, 0.15) is 12.6 Å². The monoisotopic (exact) mass is 345 g/mol. The zero-order valence-electron chi connectivity index (χ0n) is 15.6. The molecule has 2 N–H and O–H groups in total. The van der Waals surface area contributed by atoms with Gasteiger partial charge >= 0.3 is 6.03 Å². The van der Waals surface area contributed by atoms with Crippen LogP contribution >= 0.6 is 0 Å². The molecule has 1 fully saturated rings. The maximum atomic E-state index is 12.4. The van der Waals surface area contributed by atoms with E-state index < -0.39 is 12.1 Å². The van der Waals surface area contributed by atoms with Gasteiger partial charge in [-0.25, -0.2) is 4.79 Å². The number of nitrogens with zero attached hydrogens (tertiary/aromatic N) is 1. The fourth-order valence-electron chi connectivity index (χ4n) is 3.02. The van der Waals surface area contributed by atoms with Gasteiger partial charge in [0, 0.05) is 5.69 Å². The second-order valence-corrected chi connectivity index (χ2v) is 7.30. The summed E-state index contributed by atoms with van der Waals surface area (Å²) >= 11 is 0. The maximum Gasteiger partial charge on any atom is 0.325 e. The molecule has 6 heteroatoms. The van der Waals surface area contributed by atoms with Crippen LogP contribution in [0.3, 0.4) is 0 Å². The van der Waals surface area contributed by atoms with Gasteiger partial charge in [0.15, 0.2) is 0 Å². The lowest BCUT2D eigenvalue weighted by molar-refractivity contribution is -0.131. The topological polar surface area (TPSA) is 78.5 Å². The van der Waals surface area contributed by atoms with Gasteiger partial charge in [0.25, 0.3) is 5.91 Å². The van der Waals surface area contributed by atoms with Crippen molar-refractivity contribution in [3.05, 3.63) is 29.3 Å². The number of nitrogens with one attached hydrogen (secondary N) is 2. The van der Waals surface area contributed by atoms with Gasteiger partial charge in [-0.1, -0.05) is 45.9 Å². The van der Waals surface area contributed by atoms with Crippen molar-refractivity contribution >= 4 is 23.5 Å². The SMILES string of the molecule is Cc1cccc(C(C)C)c1NC(=O)CN1C(=O)N[C@@H](CC(C)C)C1=O. The van der Waals surface area contributed by atoms with E-state index in [2.05, 4.69) is 24.5 Å². The van der Waals surface area contributed by atoms with E-state index in [9.17, 15) is 14.4 Å². The Hall–Kier alpha value is -2.37. The van der Waals surface area contributed by atoms with Crippen LogP contribution < -0.4 is 10.6 Å². The molecule has 1 atom stereocenters. The molecule has 1 aliphatic heterocycles. The highest BCUT2D eigenvalue weighted by Gasteiger charge is 2.39. The number of para-hydroxylation sites is 1. The fourth-order valence-corrected chi connectivity index (χ4v) is 3.02. The molecule has 1 aromatic rings. The van der Waals surface area contributed by atoms with E-state index in [0.717, 1.165) is 21.7 Å². The number of benzene rings is 1. The Kier molecular flexibility index (Phi) is 5.82. The molecule has 0 saturated carbocycles. The zero-order chi connectivity index (χ0) is 18.7. The molecule has 25 heavy (non-hydrogen) atoms. The van der Waals surface area contributed by atoms with E-state index in [1.165, 1.54) is 0 Å². The summed E-state index contributed by atoms with van der Waals surface area (Å²) in [7, 11) is 0. The first-order valence-corrected chi connectivity index (χ1v) is 8.72. The Morgan fingerprint density at radius 2 is 1.92 bits per heavy atom. The molecule has 0 bridgehead atoms. The molecule has 0 aliphatic carbocycles. The number of carbonyl (C=O) groups is 3. The summed E-state index contributed by atoms with van der Waals surface area (Å²) < 4.78 is 0. The third-order valence-corrected chi connectivity index (χ3v) is 4.31. The molecular weight excluding hydrogens is 318 g/mol.